The second-order valence-corrected chi connectivity index (χ2v) is 6.52. The highest BCUT2D eigenvalue weighted by Crippen LogP contribution is 2.24. The lowest BCUT2D eigenvalue weighted by Crippen LogP contribution is -2.23. The number of hydrogen-bond acceptors (Lipinski definition) is 3. The van der Waals surface area contributed by atoms with Crippen LogP contribution in [0.15, 0.2) is 58.5 Å². The Balaban J connectivity index is 0.00000105. The van der Waals surface area contributed by atoms with E-state index in [9.17, 15) is 13.6 Å². The van der Waals surface area contributed by atoms with Crippen molar-refractivity contribution in [3.63, 3.8) is 0 Å². The molecule has 0 spiro atoms. The van der Waals surface area contributed by atoms with E-state index in [4.69, 9.17) is 4.74 Å². The summed E-state index contributed by atoms with van der Waals surface area (Å²) in [4.78, 5) is 12.3. The van der Waals surface area contributed by atoms with Gasteiger partial charge in [0.05, 0.1) is 13.4 Å². The maximum Gasteiger partial charge on any atom is 0.268 e. The summed E-state index contributed by atoms with van der Waals surface area (Å²) >= 11 is 3.22. The van der Waals surface area contributed by atoms with Crippen LogP contribution in [0.5, 0.6) is 5.75 Å². The molecule has 166 valence electrons. The summed E-state index contributed by atoms with van der Waals surface area (Å²) < 4.78 is 38.4. The fraction of sp³-hybridized carbons (Fsp3) is 0.348. The molecule has 30 heavy (non-hydrogen) atoms. The van der Waals surface area contributed by atoms with Crippen LogP contribution in [0.2, 0.25) is 0 Å². The Hall–Kier alpha value is -2.41. The molecule has 0 aliphatic heterocycles. The number of aromatic nitrogens is 1. The van der Waals surface area contributed by atoms with Crippen molar-refractivity contribution < 1.29 is 18.3 Å². The number of nitrogens with zero attached hydrogens (tertiary/aromatic N) is 1. The molecule has 0 unspecified atom stereocenters. The van der Waals surface area contributed by atoms with Gasteiger partial charge < -0.3 is 14.0 Å². The van der Waals surface area contributed by atoms with Crippen LogP contribution in [0.3, 0.4) is 0 Å². The molecule has 2 aromatic rings. The van der Waals surface area contributed by atoms with E-state index in [1.165, 1.54) is 6.07 Å². The van der Waals surface area contributed by atoms with Crippen LogP contribution < -0.4 is 10.3 Å². The second kappa shape index (κ2) is 15.4. The lowest BCUT2D eigenvalue weighted by molar-refractivity contribution is 0.295. The van der Waals surface area contributed by atoms with Crippen molar-refractivity contribution in [3.8, 4) is 5.75 Å². The molecule has 0 N–H and O–H groups in total. The van der Waals surface area contributed by atoms with Crippen LogP contribution in [0.25, 0.3) is 0 Å². The average Bonchev–Trinajstić information content (AvgIpc) is 2.73. The summed E-state index contributed by atoms with van der Waals surface area (Å²) in [5.41, 5.74) is 0.725. The zero-order valence-corrected chi connectivity index (χ0v) is 19.8. The highest BCUT2D eigenvalue weighted by Gasteiger charge is 2.13. The van der Waals surface area contributed by atoms with Crippen LogP contribution in [0.1, 0.15) is 38.4 Å². The number of aryl methyl sites for hydroxylation is 1. The standard InChI is InChI=1S/C17H16BrF2NO2.C4H8O.C2H6/c1-3-4-7-21-11(2)8-15(16(18)17(21)22)23-10-12-5-6-13(19)9-14(12)20;1-3-4-5-2;1-2/h3,5-6,8-9H,1,4,7,10H2,2H3;3-4H,1-2H3;1-2H3/b;4-3+;. The molecule has 0 bridgehead atoms. The van der Waals surface area contributed by atoms with Crippen molar-refractivity contribution in [1.29, 1.82) is 0 Å². The zero-order chi connectivity index (χ0) is 23.1. The Kier molecular flexibility index (Phi) is 14.2. The largest absolute Gasteiger partial charge is 0.505 e. The predicted molar refractivity (Wildman–Crippen MR) is 122 cm³/mol. The summed E-state index contributed by atoms with van der Waals surface area (Å²) in [6, 6.07) is 4.98. The normalized spacial score (nSPS) is 9.87. The Morgan fingerprint density at radius 1 is 1.23 bits per heavy atom. The van der Waals surface area contributed by atoms with E-state index in [1.54, 1.807) is 37.0 Å². The number of hydrogen-bond donors (Lipinski definition) is 0. The van der Waals surface area contributed by atoms with Gasteiger partial charge in [0.2, 0.25) is 0 Å². The molecule has 0 saturated carbocycles. The fourth-order valence-electron chi connectivity index (χ4n) is 2.25. The molecule has 1 aromatic heterocycles. The minimum Gasteiger partial charge on any atom is -0.505 e. The molecular weight excluding hydrogens is 456 g/mol. The average molecular weight is 486 g/mol. The van der Waals surface area contributed by atoms with Crippen LogP contribution in [-0.2, 0) is 17.9 Å². The molecule has 0 saturated heterocycles. The van der Waals surface area contributed by atoms with Crippen LogP contribution >= 0.6 is 15.9 Å². The molecular formula is C23H30BrF2NO3. The van der Waals surface area contributed by atoms with Gasteiger partial charge in [-0.25, -0.2) is 8.78 Å². The van der Waals surface area contributed by atoms with E-state index in [0.29, 0.717) is 18.7 Å². The van der Waals surface area contributed by atoms with E-state index >= 15 is 0 Å². The van der Waals surface area contributed by atoms with Crippen molar-refractivity contribution in [2.24, 2.45) is 0 Å². The Morgan fingerprint density at radius 2 is 1.90 bits per heavy atom. The first-order chi connectivity index (χ1) is 14.3. The van der Waals surface area contributed by atoms with Gasteiger partial charge in [-0.1, -0.05) is 26.0 Å². The first-order valence-electron chi connectivity index (χ1n) is 9.57. The van der Waals surface area contributed by atoms with Gasteiger partial charge >= 0.3 is 0 Å². The summed E-state index contributed by atoms with van der Waals surface area (Å²) in [6.07, 6.45) is 5.87. The maximum absolute atomic E-state index is 13.6. The summed E-state index contributed by atoms with van der Waals surface area (Å²) in [7, 11) is 1.62. The van der Waals surface area contributed by atoms with Crippen molar-refractivity contribution >= 4 is 15.9 Å². The number of ether oxygens (including phenoxy) is 2. The van der Waals surface area contributed by atoms with Crippen LogP contribution in [-0.4, -0.2) is 11.7 Å². The Bertz CT molecular complexity index is 879. The summed E-state index contributed by atoms with van der Waals surface area (Å²) in [5.74, 6) is -1.00. The highest BCUT2D eigenvalue weighted by atomic mass is 79.9. The molecule has 1 heterocycles. The smallest absolute Gasteiger partial charge is 0.268 e. The fourth-order valence-corrected chi connectivity index (χ4v) is 2.69. The third-order valence-electron chi connectivity index (χ3n) is 3.64. The van der Waals surface area contributed by atoms with Gasteiger partial charge in [0, 0.05) is 29.9 Å². The SMILES string of the molecule is C/C=C/OC.C=CCCn1c(C)cc(OCc2ccc(F)cc2F)c(Br)c1=O.CC. The zero-order valence-electron chi connectivity index (χ0n) is 18.2. The summed E-state index contributed by atoms with van der Waals surface area (Å²) in [6.45, 7) is 11.8. The van der Waals surface area contributed by atoms with Gasteiger partial charge in [-0.3, -0.25) is 4.79 Å². The van der Waals surface area contributed by atoms with Gasteiger partial charge in [-0.15, -0.1) is 6.58 Å². The van der Waals surface area contributed by atoms with E-state index in [2.05, 4.69) is 27.2 Å². The molecule has 0 atom stereocenters. The number of pyridine rings is 1. The van der Waals surface area contributed by atoms with Crippen LogP contribution in [0, 0.1) is 18.6 Å². The third-order valence-corrected chi connectivity index (χ3v) is 4.37. The van der Waals surface area contributed by atoms with Gasteiger partial charge in [0.1, 0.15) is 28.5 Å². The predicted octanol–water partition coefficient (Wildman–Crippen LogP) is 6.55. The van der Waals surface area contributed by atoms with Crippen molar-refractivity contribution in [2.45, 2.75) is 47.3 Å². The number of methoxy groups -OCH3 is 1. The first kappa shape index (κ1) is 27.6. The van der Waals surface area contributed by atoms with E-state index < -0.39 is 11.6 Å². The van der Waals surface area contributed by atoms with Crippen LogP contribution in [0.4, 0.5) is 8.78 Å². The third kappa shape index (κ3) is 8.95. The van der Waals surface area contributed by atoms with Gasteiger partial charge in [0.25, 0.3) is 5.56 Å². The molecule has 2 rings (SSSR count). The Morgan fingerprint density at radius 3 is 2.40 bits per heavy atom. The second-order valence-electron chi connectivity index (χ2n) is 5.73. The molecule has 0 amide bonds. The summed E-state index contributed by atoms with van der Waals surface area (Å²) in [5, 5.41) is 0. The van der Waals surface area contributed by atoms with Gasteiger partial charge in [-0.05, 0) is 48.3 Å². The van der Waals surface area contributed by atoms with Gasteiger partial charge in [0.15, 0.2) is 0 Å². The molecule has 0 fully saturated rings. The van der Waals surface area contributed by atoms with E-state index in [0.717, 1.165) is 17.8 Å². The van der Waals surface area contributed by atoms with E-state index in [1.807, 2.05) is 26.8 Å². The molecule has 4 nitrogen and oxygen atoms in total. The quantitative estimate of drug-likeness (QED) is 0.329. The molecule has 0 radical (unpaired) electrons. The van der Waals surface area contributed by atoms with E-state index in [-0.39, 0.29) is 22.2 Å². The molecule has 0 aliphatic rings. The number of benzene rings is 1. The maximum atomic E-state index is 13.6. The topological polar surface area (TPSA) is 40.5 Å². The Labute approximate surface area is 186 Å². The minimum atomic E-state index is -0.683. The van der Waals surface area contributed by atoms with Crippen molar-refractivity contribution in [1.82, 2.24) is 4.57 Å². The number of rotatable bonds is 7. The lowest BCUT2D eigenvalue weighted by atomic mass is 10.2. The minimum absolute atomic E-state index is 0.0970. The monoisotopic (exact) mass is 485 g/mol. The van der Waals surface area contributed by atoms with Crippen molar-refractivity contribution in [2.75, 3.05) is 7.11 Å². The number of allylic oxidation sites excluding steroid dienone is 2. The molecule has 7 heteroatoms. The highest BCUT2D eigenvalue weighted by molar-refractivity contribution is 9.10. The molecule has 0 aliphatic carbocycles. The van der Waals surface area contributed by atoms with Gasteiger partial charge in [-0.2, -0.15) is 0 Å². The number of halogens is 3. The van der Waals surface area contributed by atoms with Crippen molar-refractivity contribution in [3.05, 3.63) is 87.0 Å². The first-order valence-corrected chi connectivity index (χ1v) is 10.4. The molecule has 1 aromatic carbocycles. The lowest BCUT2D eigenvalue weighted by Gasteiger charge is -2.14.